The summed E-state index contributed by atoms with van der Waals surface area (Å²) in [5, 5.41) is 8.61. The summed E-state index contributed by atoms with van der Waals surface area (Å²) in [5.74, 6) is -0.789. The molecule has 1 fully saturated rings. The molecule has 1 aliphatic rings. The number of hydrogen-bond donors (Lipinski definition) is 1. The van der Waals surface area contributed by atoms with Gasteiger partial charge in [-0.05, 0) is 37.2 Å². The van der Waals surface area contributed by atoms with E-state index in [9.17, 15) is 18.0 Å². The fourth-order valence-electron chi connectivity index (χ4n) is 2.54. The molecule has 0 aromatic heterocycles. The SMILES string of the molecule is O=C(O)CCCN1CCN(c2ccc(C(F)(F)F)cc2)CC1.[LiH]. The van der Waals surface area contributed by atoms with Crippen LogP contribution in [0.15, 0.2) is 24.3 Å². The van der Waals surface area contributed by atoms with Gasteiger partial charge < -0.3 is 10.0 Å². The molecule has 1 aliphatic heterocycles. The average Bonchev–Trinajstić information content (AvgIpc) is 2.47. The number of benzene rings is 1. The Labute approximate surface area is 145 Å². The monoisotopic (exact) mass is 324 g/mol. The van der Waals surface area contributed by atoms with Crippen LogP contribution < -0.4 is 4.90 Å². The summed E-state index contributed by atoms with van der Waals surface area (Å²) in [6.45, 7) is 3.80. The van der Waals surface area contributed by atoms with E-state index in [1.807, 2.05) is 4.90 Å². The summed E-state index contributed by atoms with van der Waals surface area (Å²) in [4.78, 5) is 14.7. The van der Waals surface area contributed by atoms with Gasteiger partial charge in [-0.1, -0.05) is 0 Å². The first kappa shape index (κ1) is 19.9. The fourth-order valence-corrected chi connectivity index (χ4v) is 2.54. The predicted octanol–water partition coefficient (Wildman–Crippen LogP) is 2.04. The van der Waals surface area contributed by atoms with Crippen LogP contribution in [-0.4, -0.2) is 67.6 Å². The van der Waals surface area contributed by atoms with Crippen LogP contribution in [0.2, 0.25) is 0 Å². The van der Waals surface area contributed by atoms with Crippen molar-refractivity contribution in [3.8, 4) is 0 Å². The molecule has 4 nitrogen and oxygen atoms in total. The minimum absolute atomic E-state index is 0. The molecule has 0 spiro atoms. The quantitative estimate of drug-likeness (QED) is 0.842. The Balaban J connectivity index is 0.00000264. The number of aliphatic carboxylic acids is 1. The van der Waals surface area contributed by atoms with E-state index < -0.39 is 17.7 Å². The van der Waals surface area contributed by atoms with E-state index in [1.54, 1.807) is 0 Å². The molecule has 1 aromatic carbocycles. The molecule has 8 heteroatoms. The first-order valence-electron chi connectivity index (χ1n) is 7.22. The van der Waals surface area contributed by atoms with Crippen LogP contribution in [0.5, 0.6) is 0 Å². The number of carboxylic acids is 1. The van der Waals surface area contributed by atoms with Gasteiger partial charge in [-0.25, -0.2) is 0 Å². The Morgan fingerprint density at radius 3 is 2.13 bits per heavy atom. The summed E-state index contributed by atoms with van der Waals surface area (Å²) >= 11 is 0. The van der Waals surface area contributed by atoms with Crippen LogP contribution in [0.25, 0.3) is 0 Å². The van der Waals surface area contributed by atoms with Crippen LogP contribution in [0.3, 0.4) is 0 Å². The second-order valence-corrected chi connectivity index (χ2v) is 5.37. The summed E-state index contributed by atoms with van der Waals surface area (Å²) in [5.41, 5.74) is 0.154. The number of carboxylic acid groups (broad SMARTS) is 1. The summed E-state index contributed by atoms with van der Waals surface area (Å²) in [6.07, 6.45) is -3.52. The van der Waals surface area contributed by atoms with Gasteiger partial charge in [0.05, 0.1) is 5.56 Å². The zero-order valence-electron chi connectivity index (χ0n) is 12.1. The molecule has 23 heavy (non-hydrogen) atoms. The molecule has 1 heterocycles. The van der Waals surface area contributed by atoms with Gasteiger partial charge in [-0.3, -0.25) is 9.69 Å². The van der Waals surface area contributed by atoms with Crippen LogP contribution in [0.4, 0.5) is 18.9 Å². The Morgan fingerprint density at radius 2 is 1.65 bits per heavy atom. The van der Waals surface area contributed by atoms with E-state index in [1.165, 1.54) is 12.1 Å². The van der Waals surface area contributed by atoms with Gasteiger partial charge in [0.15, 0.2) is 0 Å². The van der Waals surface area contributed by atoms with Crippen LogP contribution >= 0.6 is 0 Å². The molecule has 124 valence electrons. The van der Waals surface area contributed by atoms with Crippen LogP contribution in [-0.2, 0) is 11.0 Å². The van der Waals surface area contributed by atoms with E-state index in [2.05, 4.69) is 4.90 Å². The van der Waals surface area contributed by atoms with Gasteiger partial charge in [0.25, 0.3) is 0 Å². The summed E-state index contributed by atoms with van der Waals surface area (Å²) < 4.78 is 37.6. The third kappa shape index (κ3) is 6.09. The third-order valence-corrected chi connectivity index (χ3v) is 3.80. The summed E-state index contributed by atoms with van der Waals surface area (Å²) in [6, 6.07) is 5.22. The molecule has 0 amide bonds. The number of alkyl halides is 3. The number of carbonyl (C=O) groups is 1. The molecule has 0 bridgehead atoms. The van der Waals surface area contributed by atoms with Crippen molar-refractivity contribution in [2.45, 2.75) is 19.0 Å². The van der Waals surface area contributed by atoms with Gasteiger partial charge in [-0.15, -0.1) is 0 Å². The van der Waals surface area contributed by atoms with Crippen molar-refractivity contribution in [1.29, 1.82) is 0 Å². The molecule has 0 radical (unpaired) electrons. The standard InChI is InChI=1S/C15H19F3N2O2.Li.H/c16-15(17,18)12-3-5-13(6-4-12)20-10-8-19(9-11-20)7-1-2-14(21)22;;/h3-6H,1-2,7-11H2,(H,21,22);;. The fraction of sp³-hybridized carbons (Fsp3) is 0.533. The predicted molar refractivity (Wildman–Crippen MR) is 84.1 cm³/mol. The van der Waals surface area contributed by atoms with Crippen molar-refractivity contribution >= 4 is 30.5 Å². The Hall–Kier alpha value is -1.16. The number of anilines is 1. The van der Waals surface area contributed by atoms with Gasteiger partial charge in [0.2, 0.25) is 0 Å². The summed E-state index contributed by atoms with van der Waals surface area (Å²) in [7, 11) is 0. The second-order valence-electron chi connectivity index (χ2n) is 5.37. The van der Waals surface area contributed by atoms with Crippen molar-refractivity contribution < 1.29 is 23.1 Å². The van der Waals surface area contributed by atoms with E-state index in [0.717, 1.165) is 50.5 Å². The molecule has 0 aliphatic carbocycles. The molecule has 0 atom stereocenters. The zero-order valence-corrected chi connectivity index (χ0v) is 12.1. The molecular weight excluding hydrogens is 304 g/mol. The molecule has 2 rings (SSSR count). The van der Waals surface area contributed by atoms with Gasteiger partial charge in [-0.2, -0.15) is 13.2 Å². The van der Waals surface area contributed by atoms with E-state index in [-0.39, 0.29) is 25.3 Å². The van der Waals surface area contributed by atoms with Crippen molar-refractivity contribution in [2.24, 2.45) is 0 Å². The number of hydrogen-bond acceptors (Lipinski definition) is 3. The first-order chi connectivity index (χ1) is 10.4. The number of halogens is 3. The minimum atomic E-state index is -4.30. The van der Waals surface area contributed by atoms with Crippen LogP contribution in [0, 0.1) is 0 Å². The molecular formula is C15H20F3LiN2O2. The number of piperazine rings is 1. The molecule has 0 saturated carbocycles. The molecule has 1 saturated heterocycles. The van der Waals surface area contributed by atoms with Crippen molar-refractivity contribution in [3.63, 3.8) is 0 Å². The first-order valence-corrected chi connectivity index (χ1v) is 7.22. The van der Waals surface area contributed by atoms with E-state index >= 15 is 0 Å². The average molecular weight is 324 g/mol. The zero-order chi connectivity index (χ0) is 16.2. The second kappa shape index (κ2) is 8.62. The maximum atomic E-state index is 12.5. The number of nitrogens with zero attached hydrogens (tertiary/aromatic N) is 2. The third-order valence-electron chi connectivity index (χ3n) is 3.80. The van der Waals surface area contributed by atoms with Gasteiger partial charge >= 0.3 is 31.0 Å². The van der Waals surface area contributed by atoms with E-state index in [4.69, 9.17) is 5.11 Å². The van der Waals surface area contributed by atoms with Crippen LogP contribution in [0.1, 0.15) is 18.4 Å². The van der Waals surface area contributed by atoms with Crippen molar-refractivity contribution in [1.82, 2.24) is 4.90 Å². The topological polar surface area (TPSA) is 43.8 Å². The molecule has 0 unspecified atom stereocenters. The van der Waals surface area contributed by atoms with Gasteiger partial charge in [0, 0.05) is 38.3 Å². The Kier molecular flexibility index (Phi) is 7.45. The maximum absolute atomic E-state index is 12.5. The molecule has 1 aromatic rings. The molecule has 1 N–H and O–H groups in total. The normalized spacial score (nSPS) is 16.0. The Morgan fingerprint density at radius 1 is 1.09 bits per heavy atom. The van der Waals surface area contributed by atoms with Gasteiger partial charge in [0.1, 0.15) is 0 Å². The van der Waals surface area contributed by atoms with Crippen molar-refractivity contribution in [2.75, 3.05) is 37.6 Å². The van der Waals surface area contributed by atoms with Crippen molar-refractivity contribution in [3.05, 3.63) is 29.8 Å². The Bertz CT molecular complexity index is 500. The number of rotatable bonds is 5. The van der Waals surface area contributed by atoms with E-state index in [0.29, 0.717) is 6.42 Å².